The van der Waals surface area contributed by atoms with Gasteiger partial charge >= 0.3 is 0 Å². The van der Waals surface area contributed by atoms with Crippen molar-refractivity contribution in [2.45, 2.75) is 0 Å². The number of nitrogens with one attached hydrogen (secondary N) is 2. The number of hydrogen-bond acceptors (Lipinski definition) is 5. The number of amides is 2. The number of anilines is 1. The molecule has 0 fully saturated rings. The number of phenols is 1. The highest BCUT2D eigenvalue weighted by Gasteiger charge is 2.08. The number of methoxy groups -OCH3 is 1. The van der Waals surface area contributed by atoms with Crippen molar-refractivity contribution in [2.24, 2.45) is 5.73 Å². The van der Waals surface area contributed by atoms with Crippen molar-refractivity contribution in [3.8, 4) is 11.5 Å². The molecule has 0 radical (unpaired) electrons. The van der Waals surface area contributed by atoms with Crippen LogP contribution in [0.15, 0.2) is 18.2 Å². The second-order valence-corrected chi connectivity index (χ2v) is 3.41. The molecule has 0 aromatic heterocycles. The molecule has 0 aliphatic rings. The van der Waals surface area contributed by atoms with E-state index < -0.39 is 11.8 Å². The van der Waals surface area contributed by atoms with Gasteiger partial charge in [0, 0.05) is 6.07 Å². The van der Waals surface area contributed by atoms with Crippen molar-refractivity contribution in [2.75, 3.05) is 25.5 Å². The molecule has 5 N–H and O–H groups in total. The SMILES string of the molecule is COc1ccc(O)c(NC(=O)CNC(=O)CN)c1. The van der Waals surface area contributed by atoms with Crippen molar-refractivity contribution < 1.29 is 19.4 Å². The normalized spacial score (nSPS) is 9.67. The van der Waals surface area contributed by atoms with Crippen LogP contribution in [0.1, 0.15) is 0 Å². The largest absolute Gasteiger partial charge is 0.506 e. The summed E-state index contributed by atoms with van der Waals surface area (Å²) in [5.41, 5.74) is 5.28. The van der Waals surface area contributed by atoms with Gasteiger partial charge < -0.3 is 26.2 Å². The molecule has 7 nitrogen and oxygen atoms in total. The maximum Gasteiger partial charge on any atom is 0.243 e. The topological polar surface area (TPSA) is 114 Å². The Bertz CT molecular complexity index is 448. The third-order valence-corrected chi connectivity index (χ3v) is 2.11. The van der Waals surface area contributed by atoms with E-state index in [1.807, 2.05) is 0 Å². The van der Waals surface area contributed by atoms with E-state index in [0.29, 0.717) is 5.75 Å². The molecule has 0 bridgehead atoms. The fourth-order valence-corrected chi connectivity index (χ4v) is 1.19. The van der Waals surface area contributed by atoms with E-state index >= 15 is 0 Å². The first-order chi connectivity index (χ1) is 8.56. The number of benzene rings is 1. The van der Waals surface area contributed by atoms with Crippen molar-refractivity contribution in [3.63, 3.8) is 0 Å². The lowest BCUT2D eigenvalue weighted by Gasteiger charge is -2.09. The van der Waals surface area contributed by atoms with Crippen LogP contribution in [-0.4, -0.2) is 37.1 Å². The number of nitrogens with two attached hydrogens (primary N) is 1. The lowest BCUT2D eigenvalue weighted by Crippen LogP contribution is -2.36. The van der Waals surface area contributed by atoms with E-state index in [0.717, 1.165) is 0 Å². The van der Waals surface area contributed by atoms with Gasteiger partial charge in [0.05, 0.1) is 25.9 Å². The minimum Gasteiger partial charge on any atom is -0.506 e. The Labute approximate surface area is 104 Å². The monoisotopic (exact) mass is 253 g/mol. The maximum atomic E-state index is 11.5. The first-order valence-corrected chi connectivity index (χ1v) is 5.20. The highest BCUT2D eigenvalue weighted by molar-refractivity contribution is 5.95. The lowest BCUT2D eigenvalue weighted by molar-refractivity contribution is -0.123. The Morgan fingerprint density at radius 2 is 2.11 bits per heavy atom. The molecule has 0 unspecified atom stereocenters. The van der Waals surface area contributed by atoms with Gasteiger partial charge in [-0.1, -0.05) is 0 Å². The molecular formula is C11H15N3O4. The minimum atomic E-state index is -0.472. The third kappa shape index (κ3) is 3.95. The Kier molecular flexibility index (Phi) is 4.94. The van der Waals surface area contributed by atoms with E-state index in [4.69, 9.17) is 10.5 Å². The van der Waals surface area contributed by atoms with E-state index in [1.54, 1.807) is 6.07 Å². The lowest BCUT2D eigenvalue weighted by atomic mass is 10.2. The Morgan fingerprint density at radius 1 is 1.39 bits per heavy atom. The minimum absolute atomic E-state index is 0.0886. The average molecular weight is 253 g/mol. The molecule has 0 aliphatic carbocycles. The fraction of sp³-hybridized carbons (Fsp3) is 0.273. The van der Waals surface area contributed by atoms with Gasteiger partial charge in [-0.25, -0.2) is 0 Å². The Hall–Kier alpha value is -2.28. The molecule has 0 saturated heterocycles. The predicted octanol–water partition coefficient (Wildman–Crippen LogP) is -0.586. The van der Waals surface area contributed by atoms with Crippen molar-refractivity contribution in [3.05, 3.63) is 18.2 Å². The summed E-state index contributed by atoms with van der Waals surface area (Å²) in [5.74, 6) is -0.497. The van der Waals surface area contributed by atoms with Gasteiger partial charge in [-0.15, -0.1) is 0 Å². The number of carbonyl (C=O) groups is 2. The van der Waals surface area contributed by atoms with Gasteiger partial charge in [0.15, 0.2) is 0 Å². The van der Waals surface area contributed by atoms with Crippen LogP contribution in [0, 0.1) is 0 Å². The zero-order chi connectivity index (χ0) is 13.5. The molecule has 0 saturated carbocycles. The smallest absolute Gasteiger partial charge is 0.243 e. The molecule has 1 aromatic rings. The third-order valence-electron chi connectivity index (χ3n) is 2.11. The fourth-order valence-electron chi connectivity index (χ4n) is 1.19. The Morgan fingerprint density at radius 3 is 2.72 bits per heavy atom. The van der Waals surface area contributed by atoms with Crippen LogP contribution in [0.25, 0.3) is 0 Å². The Balaban J connectivity index is 2.61. The first kappa shape index (κ1) is 13.8. The summed E-state index contributed by atoms with van der Waals surface area (Å²) < 4.78 is 4.96. The summed E-state index contributed by atoms with van der Waals surface area (Å²) >= 11 is 0. The number of rotatable bonds is 5. The molecule has 18 heavy (non-hydrogen) atoms. The predicted molar refractivity (Wildman–Crippen MR) is 65.4 cm³/mol. The van der Waals surface area contributed by atoms with Crippen LogP contribution in [0.2, 0.25) is 0 Å². The van der Waals surface area contributed by atoms with Gasteiger partial charge in [-0.2, -0.15) is 0 Å². The quantitative estimate of drug-likeness (QED) is 0.524. The number of ether oxygens (including phenoxy) is 1. The summed E-state index contributed by atoms with van der Waals surface area (Å²) in [7, 11) is 1.47. The van der Waals surface area contributed by atoms with E-state index in [-0.39, 0.29) is 24.5 Å². The number of phenolic OH excluding ortho intramolecular Hbond substituents is 1. The van der Waals surface area contributed by atoms with Crippen molar-refractivity contribution in [1.29, 1.82) is 0 Å². The van der Waals surface area contributed by atoms with Gasteiger partial charge in [0.2, 0.25) is 11.8 Å². The molecule has 0 heterocycles. The van der Waals surface area contributed by atoms with Crippen LogP contribution < -0.4 is 21.1 Å². The maximum absolute atomic E-state index is 11.5. The standard InChI is InChI=1S/C11H15N3O4/c1-18-7-2-3-9(15)8(4-7)14-11(17)6-13-10(16)5-12/h2-4,15H,5-6,12H2,1H3,(H,13,16)(H,14,17). The van der Waals surface area contributed by atoms with E-state index in [9.17, 15) is 14.7 Å². The van der Waals surface area contributed by atoms with Gasteiger partial charge in [-0.05, 0) is 12.1 Å². The molecule has 1 rings (SSSR count). The number of aromatic hydroxyl groups is 1. The molecule has 0 atom stereocenters. The van der Waals surface area contributed by atoms with Crippen molar-refractivity contribution >= 4 is 17.5 Å². The van der Waals surface area contributed by atoms with Gasteiger partial charge in [-0.3, -0.25) is 9.59 Å². The zero-order valence-corrected chi connectivity index (χ0v) is 9.90. The van der Waals surface area contributed by atoms with Crippen LogP contribution in [-0.2, 0) is 9.59 Å². The average Bonchev–Trinajstić information content (AvgIpc) is 2.38. The van der Waals surface area contributed by atoms with E-state index in [2.05, 4.69) is 10.6 Å². The van der Waals surface area contributed by atoms with Gasteiger partial charge in [0.25, 0.3) is 0 Å². The molecule has 7 heteroatoms. The van der Waals surface area contributed by atoms with Crippen LogP contribution >= 0.6 is 0 Å². The molecular weight excluding hydrogens is 238 g/mol. The van der Waals surface area contributed by atoms with Crippen LogP contribution in [0.3, 0.4) is 0 Å². The molecule has 0 aliphatic heterocycles. The second-order valence-electron chi connectivity index (χ2n) is 3.41. The summed E-state index contributed by atoms with van der Waals surface area (Å²) in [6.45, 7) is -0.398. The molecule has 2 amide bonds. The molecule has 98 valence electrons. The zero-order valence-electron chi connectivity index (χ0n) is 9.90. The summed E-state index contributed by atoms with van der Waals surface area (Å²) in [6.07, 6.45) is 0. The van der Waals surface area contributed by atoms with E-state index in [1.165, 1.54) is 19.2 Å². The highest BCUT2D eigenvalue weighted by Crippen LogP contribution is 2.27. The summed E-state index contributed by atoms with van der Waals surface area (Å²) in [5, 5.41) is 14.3. The van der Waals surface area contributed by atoms with Crippen LogP contribution in [0.4, 0.5) is 5.69 Å². The summed E-state index contributed by atoms with van der Waals surface area (Å²) in [4.78, 5) is 22.3. The first-order valence-electron chi connectivity index (χ1n) is 5.20. The molecule has 0 spiro atoms. The summed E-state index contributed by atoms with van der Waals surface area (Å²) in [6, 6.07) is 4.42. The van der Waals surface area contributed by atoms with Gasteiger partial charge in [0.1, 0.15) is 11.5 Å². The number of carbonyl (C=O) groups excluding carboxylic acids is 2. The highest BCUT2D eigenvalue weighted by atomic mass is 16.5. The van der Waals surface area contributed by atoms with Crippen molar-refractivity contribution in [1.82, 2.24) is 5.32 Å². The second kappa shape index (κ2) is 6.45. The number of hydrogen-bond donors (Lipinski definition) is 4. The van der Waals surface area contributed by atoms with Crippen LogP contribution in [0.5, 0.6) is 11.5 Å². The molecule has 1 aromatic carbocycles.